The van der Waals surface area contributed by atoms with E-state index in [1.807, 2.05) is 0 Å². The predicted molar refractivity (Wildman–Crippen MR) is 89.2 cm³/mol. The predicted octanol–water partition coefficient (Wildman–Crippen LogP) is 0.398. The van der Waals surface area contributed by atoms with Crippen molar-refractivity contribution in [2.24, 2.45) is 0 Å². The lowest BCUT2D eigenvalue weighted by Crippen LogP contribution is -2.38. The van der Waals surface area contributed by atoms with E-state index in [0.29, 0.717) is 24.5 Å². The molecule has 2 N–H and O–H groups in total. The van der Waals surface area contributed by atoms with Gasteiger partial charge in [0.05, 0.1) is 19.4 Å². The monoisotopic (exact) mass is 351 g/mol. The van der Waals surface area contributed by atoms with Gasteiger partial charge in [-0.25, -0.2) is 4.79 Å². The fourth-order valence-electron chi connectivity index (χ4n) is 2.54. The summed E-state index contributed by atoms with van der Waals surface area (Å²) in [4.78, 5) is 38.3. The Morgan fingerprint density at radius 3 is 2.68 bits per heavy atom. The quantitative estimate of drug-likeness (QED) is 0.702. The lowest BCUT2D eigenvalue weighted by Gasteiger charge is -2.22. The van der Waals surface area contributed by atoms with Crippen molar-refractivity contribution < 1.29 is 29.0 Å². The highest BCUT2D eigenvalue weighted by Gasteiger charge is 2.26. The van der Waals surface area contributed by atoms with Gasteiger partial charge in [0.25, 0.3) is 5.91 Å². The standard InChI is InChI=1S/C16H21N3O6/c1-24-8-7-18(10-14(20)21)15(22)11-3-4-13(25-2)12(9-11)19-6-5-17-16(19)23/h3-4,9H,5-8,10H2,1-2H3,(H,17,23)(H,20,21). The number of hydrogen-bond acceptors (Lipinski definition) is 5. The van der Waals surface area contributed by atoms with E-state index in [9.17, 15) is 14.4 Å². The van der Waals surface area contributed by atoms with Crippen LogP contribution in [-0.2, 0) is 9.53 Å². The molecule has 0 spiro atoms. The summed E-state index contributed by atoms with van der Waals surface area (Å²) in [6.07, 6.45) is 0. The number of carbonyl (C=O) groups is 3. The number of carboxylic acid groups (broad SMARTS) is 1. The zero-order valence-electron chi connectivity index (χ0n) is 14.2. The fourth-order valence-corrected chi connectivity index (χ4v) is 2.54. The number of nitrogens with one attached hydrogen (secondary N) is 1. The van der Waals surface area contributed by atoms with E-state index in [1.54, 1.807) is 12.1 Å². The molecule has 9 nitrogen and oxygen atoms in total. The van der Waals surface area contributed by atoms with Crippen LogP contribution < -0.4 is 15.0 Å². The molecule has 3 amide bonds. The van der Waals surface area contributed by atoms with Gasteiger partial charge in [-0.15, -0.1) is 0 Å². The van der Waals surface area contributed by atoms with Crippen LogP contribution in [0.3, 0.4) is 0 Å². The van der Waals surface area contributed by atoms with Crippen LogP contribution in [0.4, 0.5) is 10.5 Å². The van der Waals surface area contributed by atoms with Crippen molar-refractivity contribution in [3.63, 3.8) is 0 Å². The van der Waals surface area contributed by atoms with E-state index >= 15 is 0 Å². The molecule has 25 heavy (non-hydrogen) atoms. The first kappa shape index (κ1) is 18.5. The maximum Gasteiger partial charge on any atom is 0.323 e. The first-order chi connectivity index (χ1) is 12.0. The normalized spacial score (nSPS) is 13.5. The minimum Gasteiger partial charge on any atom is -0.495 e. The van der Waals surface area contributed by atoms with Crippen LogP contribution in [-0.4, -0.2) is 74.9 Å². The SMILES string of the molecule is COCCN(CC(=O)O)C(=O)c1ccc(OC)c(N2CCNC2=O)c1. The molecule has 0 aromatic heterocycles. The molecule has 0 aliphatic carbocycles. The molecule has 9 heteroatoms. The van der Waals surface area contributed by atoms with Gasteiger partial charge in [-0.2, -0.15) is 0 Å². The van der Waals surface area contributed by atoms with Crippen molar-refractivity contribution in [1.29, 1.82) is 0 Å². The van der Waals surface area contributed by atoms with Gasteiger partial charge in [0.1, 0.15) is 12.3 Å². The summed E-state index contributed by atoms with van der Waals surface area (Å²) in [5, 5.41) is 11.7. The van der Waals surface area contributed by atoms with Crippen molar-refractivity contribution in [2.75, 3.05) is 51.9 Å². The third-order valence-corrected chi connectivity index (χ3v) is 3.75. The molecule has 0 unspecified atom stereocenters. The van der Waals surface area contributed by atoms with Crippen molar-refractivity contribution in [3.8, 4) is 5.75 Å². The fraction of sp³-hybridized carbons (Fsp3) is 0.438. The summed E-state index contributed by atoms with van der Waals surface area (Å²) in [5.41, 5.74) is 0.734. The number of anilines is 1. The van der Waals surface area contributed by atoms with E-state index < -0.39 is 18.4 Å². The Balaban J connectivity index is 2.31. The van der Waals surface area contributed by atoms with Crippen LogP contribution in [0.1, 0.15) is 10.4 Å². The molecule has 1 saturated heterocycles. The lowest BCUT2D eigenvalue weighted by molar-refractivity contribution is -0.137. The molecule has 136 valence electrons. The lowest BCUT2D eigenvalue weighted by atomic mass is 10.1. The number of carboxylic acids is 1. The Hall–Kier alpha value is -2.81. The van der Waals surface area contributed by atoms with Gasteiger partial charge in [0, 0.05) is 32.3 Å². The van der Waals surface area contributed by atoms with Crippen LogP contribution in [0.25, 0.3) is 0 Å². The number of nitrogens with zero attached hydrogens (tertiary/aromatic N) is 2. The minimum atomic E-state index is -1.11. The minimum absolute atomic E-state index is 0.146. The molecule has 0 atom stereocenters. The van der Waals surface area contributed by atoms with E-state index in [0.717, 1.165) is 0 Å². The maximum absolute atomic E-state index is 12.7. The largest absolute Gasteiger partial charge is 0.495 e. The number of ether oxygens (including phenoxy) is 2. The van der Waals surface area contributed by atoms with E-state index in [2.05, 4.69) is 5.32 Å². The molecular weight excluding hydrogens is 330 g/mol. The summed E-state index contributed by atoms with van der Waals surface area (Å²) in [7, 11) is 2.95. The number of amides is 3. The van der Waals surface area contributed by atoms with Gasteiger partial charge in [-0.1, -0.05) is 0 Å². The zero-order valence-corrected chi connectivity index (χ0v) is 14.2. The molecule has 0 radical (unpaired) electrons. The number of methoxy groups -OCH3 is 2. The van der Waals surface area contributed by atoms with Gasteiger partial charge in [0.2, 0.25) is 0 Å². The summed E-state index contributed by atoms with van der Waals surface area (Å²) >= 11 is 0. The van der Waals surface area contributed by atoms with E-state index in [-0.39, 0.29) is 24.7 Å². The maximum atomic E-state index is 12.7. The van der Waals surface area contributed by atoms with Gasteiger partial charge in [-0.05, 0) is 18.2 Å². The highest BCUT2D eigenvalue weighted by Crippen LogP contribution is 2.30. The van der Waals surface area contributed by atoms with Crippen LogP contribution in [0.2, 0.25) is 0 Å². The molecule has 2 rings (SSSR count). The second kappa shape index (κ2) is 8.34. The number of urea groups is 1. The third kappa shape index (κ3) is 4.38. The molecule has 1 fully saturated rings. The van der Waals surface area contributed by atoms with Crippen LogP contribution >= 0.6 is 0 Å². The molecule has 1 aliphatic rings. The second-order valence-corrected chi connectivity index (χ2v) is 5.38. The Kier molecular flexibility index (Phi) is 6.18. The highest BCUT2D eigenvalue weighted by molar-refractivity contribution is 6.00. The summed E-state index contributed by atoms with van der Waals surface area (Å²) in [5.74, 6) is -1.12. The van der Waals surface area contributed by atoms with Crippen molar-refractivity contribution in [3.05, 3.63) is 23.8 Å². The van der Waals surface area contributed by atoms with Gasteiger partial charge >= 0.3 is 12.0 Å². The Morgan fingerprint density at radius 1 is 1.36 bits per heavy atom. The molecule has 0 saturated carbocycles. The molecule has 1 heterocycles. The average Bonchev–Trinajstić information content (AvgIpc) is 3.02. The average molecular weight is 351 g/mol. The third-order valence-electron chi connectivity index (χ3n) is 3.75. The number of aliphatic carboxylic acids is 1. The first-order valence-electron chi connectivity index (χ1n) is 7.71. The molecule has 1 aromatic carbocycles. The Bertz CT molecular complexity index is 663. The van der Waals surface area contributed by atoms with Gasteiger partial charge in [-0.3, -0.25) is 14.5 Å². The molecule has 1 aromatic rings. The topological polar surface area (TPSA) is 108 Å². The second-order valence-electron chi connectivity index (χ2n) is 5.38. The van der Waals surface area contributed by atoms with Crippen LogP contribution in [0.5, 0.6) is 5.75 Å². The van der Waals surface area contributed by atoms with Gasteiger partial charge < -0.3 is 24.8 Å². The number of carbonyl (C=O) groups excluding carboxylic acids is 2. The van der Waals surface area contributed by atoms with Crippen LogP contribution in [0, 0.1) is 0 Å². The Labute approximate surface area is 145 Å². The first-order valence-corrected chi connectivity index (χ1v) is 7.71. The molecule has 1 aliphatic heterocycles. The number of benzene rings is 1. The van der Waals surface area contributed by atoms with Gasteiger partial charge in [0.15, 0.2) is 0 Å². The highest BCUT2D eigenvalue weighted by atomic mass is 16.5. The summed E-state index contributed by atoms with van der Waals surface area (Å²) in [6, 6.07) is 4.39. The number of rotatable bonds is 8. The molecule has 0 bridgehead atoms. The van der Waals surface area contributed by atoms with Crippen LogP contribution in [0.15, 0.2) is 18.2 Å². The van der Waals surface area contributed by atoms with E-state index in [1.165, 1.54) is 30.1 Å². The van der Waals surface area contributed by atoms with Crippen molar-refractivity contribution in [1.82, 2.24) is 10.2 Å². The van der Waals surface area contributed by atoms with E-state index in [4.69, 9.17) is 14.6 Å². The zero-order chi connectivity index (χ0) is 18.4. The molecular formula is C16H21N3O6. The summed E-state index contributed by atoms with van der Waals surface area (Å²) < 4.78 is 10.2. The van der Waals surface area contributed by atoms with Crippen molar-refractivity contribution >= 4 is 23.6 Å². The smallest absolute Gasteiger partial charge is 0.323 e. The van der Waals surface area contributed by atoms with Crippen molar-refractivity contribution in [2.45, 2.75) is 0 Å². The summed E-state index contributed by atoms with van der Waals surface area (Å²) in [6.45, 7) is 0.881. The number of hydrogen-bond donors (Lipinski definition) is 2. The Morgan fingerprint density at radius 2 is 2.12 bits per heavy atom.